The molecule has 0 aliphatic heterocycles. The number of nitrogens with zero attached hydrogens (tertiary/aromatic N) is 2. The lowest BCUT2D eigenvalue weighted by atomic mass is 10.2. The number of benzene rings is 1. The van der Waals surface area contributed by atoms with E-state index in [0.29, 0.717) is 0 Å². The molecule has 0 N–H and O–H groups in total. The van der Waals surface area contributed by atoms with Crippen molar-refractivity contribution in [2.45, 2.75) is 0 Å². The minimum absolute atomic E-state index is 0.0380. The van der Waals surface area contributed by atoms with E-state index < -0.39 is 5.82 Å². The molecule has 0 spiro atoms. The minimum atomic E-state index is -0.540. The topological polar surface area (TPSA) is 25.8 Å². The molecular formula is C10H5Cl2FN2. The Labute approximate surface area is 95.7 Å². The fourth-order valence-electron chi connectivity index (χ4n) is 1.14. The Hall–Kier alpha value is -1.19. The van der Waals surface area contributed by atoms with Gasteiger partial charge in [-0.2, -0.15) is 0 Å². The number of aromatic nitrogens is 2. The van der Waals surface area contributed by atoms with Gasteiger partial charge >= 0.3 is 0 Å². The summed E-state index contributed by atoms with van der Waals surface area (Å²) in [4.78, 5) is 7.82. The molecule has 0 saturated carbocycles. The SMILES string of the molecule is Fc1c(Cl)cccc1-c1nccc(Cl)n1. The summed E-state index contributed by atoms with van der Waals surface area (Å²) in [5, 5.41) is 0.301. The van der Waals surface area contributed by atoms with Gasteiger partial charge in [0.25, 0.3) is 0 Å². The molecule has 0 atom stereocenters. The molecule has 0 aliphatic carbocycles. The maximum atomic E-state index is 13.6. The van der Waals surface area contributed by atoms with Crippen LogP contribution in [-0.4, -0.2) is 9.97 Å². The molecule has 0 bridgehead atoms. The first-order valence-corrected chi connectivity index (χ1v) is 4.87. The molecule has 1 aromatic carbocycles. The zero-order chi connectivity index (χ0) is 10.8. The molecule has 15 heavy (non-hydrogen) atoms. The molecule has 2 rings (SSSR count). The third kappa shape index (κ3) is 2.08. The predicted molar refractivity (Wildman–Crippen MR) is 57.4 cm³/mol. The number of halogens is 3. The van der Waals surface area contributed by atoms with Gasteiger partial charge in [-0.05, 0) is 18.2 Å². The molecule has 0 fully saturated rings. The lowest BCUT2D eigenvalue weighted by Gasteiger charge is -2.02. The standard InChI is InChI=1S/C10H5Cl2FN2/c11-7-3-1-2-6(9(7)13)10-14-5-4-8(12)15-10/h1-5H. The van der Waals surface area contributed by atoms with Crippen LogP contribution in [0.3, 0.4) is 0 Å². The van der Waals surface area contributed by atoms with E-state index in [2.05, 4.69) is 9.97 Å². The molecule has 1 heterocycles. The van der Waals surface area contributed by atoms with Crippen molar-refractivity contribution in [1.82, 2.24) is 9.97 Å². The summed E-state index contributed by atoms with van der Waals surface area (Å²) < 4.78 is 13.6. The maximum absolute atomic E-state index is 13.6. The van der Waals surface area contributed by atoms with E-state index in [1.165, 1.54) is 18.3 Å². The molecule has 5 heteroatoms. The predicted octanol–water partition coefficient (Wildman–Crippen LogP) is 3.59. The zero-order valence-corrected chi connectivity index (χ0v) is 8.93. The summed E-state index contributed by atoms with van der Waals surface area (Å²) in [7, 11) is 0. The maximum Gasteiger partial charge on any atom is 0.163 e. The van der Waals surface area contributed by atoms with Crippen molar-refractivity contribution in [1.29, 1.82) is 0 Å². The first-order valence-electron chi connectivity index (χ1n) is 4.11. The van der Waals surface area contributed by atoms with Crippen LogP contribution in [0.2, 0.25) is 10.2 Å². The highest BCUT2D eigenvalue weighted by Gasteiger charge is 2.10. The Kier molecular flexibility index (Phi) is 2.84. The van der Waals surface area contributed by atoms with Gasteiger partial charge in [-0.3, -0.25) is 0 Å². The quantitative estimate of drug-likeness (QED) is 0.715. The monoisotopic (exact) mass is 242 g/mol. The van der Waals surface area contributed by atoms with Crippen molar-refractivity contribution < 1.29 is 4.39 Å². The van der Waals surface area contributed by atoms with E-state index in [1.807, 2.05) is 0 Å². The lowest BCUT2D eigenvalue weighted by Crippen LogP contribution is -1.92. The molecule has 0 saturated heterocycles. The molecule has 0 amide bonds. The van der Waals surface area contributed by atoms with E-state index in [-0.39, 0.29) is 21.6 Å². The summed E-state index contributed by atoms with van der Waals surface area (Å²) in [6, 6.07) is 6.16. The van der Waals surface area contributed by atoms with Crippen LogP contribution in [0.15, 0.2) is 30.5 Å². The van der Waals surface area contributed by atoms with Crippen LogP contribution in [0.1, 0.15) is 0 Å². The third-order valence-electron chi connectivity index (χ3n) is 1.81. The van der Waals surface area contributed by atoms with Crippen LogP contribution < -0.4 is 0 Å². The van der Waals surface area contributed by atoms with E-state index in [1.54, 1.807) is 12.1 Å². The fraction of sp³-hybridized carbons (Fsp3) is 0. The second kappa shape index (κ2) is 4.13. The summed E-state index contributed by atoms with van der Waals surface area (Å²) in [5.74, 6) is -0.316. The molecule has 0 radical (unpaired) electrons. The van der Waals surface area contributed by atoms with E-state index in [4.69, 9.17) is 23.2 Å². The number of hydrogen-bond donors (Lipinski definition) is 0. The van der Waals surface area contributed by atoms with Gasteiger partial charge < -0.3 is 0 Å². The van der Waals surface area contributed by atoms with Crippen molar-refractivity contribution >= 4 is 23.2 Å². The molecular weight excluding hydrogens is 238 g/mol. The average molecular weight is 243 g/mol. The van der Waals surface area contributed by atoms with Gasteiger partial charge in [-0.25, -0.2) is 14.4 Å². The largest absolute Gasteiger partial charge is 0.236 e. The summed E-state index contributed by atoms with van der Waals surface area (Å²) in [5.41, 5.74) is 0.241. The van der Waals surface area contributed by atoms with Crippen LogP contribution in [0.4, 0.5) is 4.39 Å². The highest BCUT2D eigenvalue weighted by Crippen LogP contribution is 2.25. The third-order valence-corrected chi connectivity index (χ3v) is 2.32. The minimum Gasteiger partial charge on any atom is -0.236 e. The van der Waals surface area contributed by atoms with E-state index >= 15 is 0 Å². The van der Waals surface area contributed by atoms with Gasteiger partial charge in [0.15, 0.2) is 11.6 Å². The van der Waals surface area contributed by atoms with Crippen molar-refractivity contribution in [3.05, 3.63) is 46.5 Å². The Morgan fingerprint density at radius 1 is 1.13 bits per heavy atom. The van der Waals surface area contributed by atoms with E-state index in [9.17, 15) is 4.39 Å². The normalized spacial score (nSPS) is 10.3. The lowest BCUT2D eigenvalue weighted by molar-refractivity contribution is 0.630. The van der Waals surface area contributed by atoms with Gasteiger partial charge in [0.2, 0.25) is 0 Å². The van der Waals surface area contributed by atoms with Crippen molar-refractivity contribution in [3.63, 3.8) is 0 Å². The van der Waals surface area contributed by atoms with Gasteiger partial charge in [0.1, 0.15) is 5.15 Å². The van der Waals surface area contributed by atoms with Gasteiger partial charge in [0, 0.05) is 6.20 Å². The Bertz CT molecular complexity index is 503. The van der Waals surface area contributed by atoms with E-state index in [0.717, 1.165) is 0 Å². The highest BCUT2D eigenvalue weighted by atomic mass is 35.5. The Morgan fingerprint density at radius 3 is 2.67 bits per heavy atom. The second-order valence-corrected chi connectivity index (χ2v) is 3.60. The molecule has 1 aromatic heterocycles. The average Bonchev–Trinajstić information content (AvgIpc) is 2.22. The Morgan fingerprint density at radius 2 is 1.93 bits per heavy atom. The highest BCUT2D eigenvalue weighted by molar-refractivity contribution is 6.31. The van der Waals surface area contributed by atoms with Gasteiger partial charge in [-0.15, -0.1) is 0 Å². The summed E-state index contributed by atoms with van der Waals surface area (Å²) >= 11 is 11.3. The molecule has 0 unspecified atom stereocenters. The van der Waals surface area contributed by atoms with Gasteiger partial charge in [-0.1, -0.05) is 29.3 Å². The van der Waals surface area contributed by atoms with Crippen molar-refractivity contribution in [3.8, 4) is 11.4 Å². The van der Waals surface area contributed by atoms with Crippen LogP contribution in [-0.2, 0) is 0 Å². The van der Waals surface area contributed by atoms with Crippen LogP contribution in [0, 0.1) is 5.82 Å². The van der Waals surface area contributed by atoms with Crippen molar-refractivity contribution in [2.75, 3.05) is 0 Å². The van der Waals surface area contributed by atoms with Crippen LogP contribution >= 0.6 is 23.2 Å². The number of rotatable bonds is 1. The Balaban J connectivity index is 2.59. The molecule has 2 nitrogen and oxygen atoms in total. The smallest absolute Gasteiger partial charge is 0.163 e. The first-order chi connectivity index (χ1) is 7.18. The molecule has 76 valence electrons. The first kappa shape index (κ1) is 10.3. The fourth-order valence-corrected chi connectivity index (χ4v) is 1.45. The van der Waals surface area contributed by atoms with Crippen LogP contribution in [0.5, 0.6) is 0 Å². The molecule has 0 aliphatic rings. The van der Waals surface area contributed by atoms with Crippen molar-refractivity contribution in [2.24, 2.45) is 0 Å². The number of hydrogen-bond acceptors (Lipinski definition) is 2. The van der Waals surface area contributed by atoms with Crippen LogP contribution in [0.25, 0.3) is 11.4 Å². The summed E-state index contributed by atoms with van der Waals surface area (Å²) in [6.45, 7) is 0. The molecule has 2 aromatic rings. The van der Waals surface area contributed by atoms with Gasteiger partial charge in [0.05, 0.1) is 10.6 Å². The zero-order valence-electron chi connectivity index (χ0n) is 7.42. The summed E-state index contributed by atoms with van der Waals surface area (Å²) in [6.07, 6.45) is 1.46. The second-order valence-electron chi connectivity index (χ2n) is 2.80.